The predicted octanol–water partition coefficient (Wildman–Crippen LogP) is 6.35. The first-order chi connectivity index (χ1) is 20.8. The van der Waals surface area contributed by atoms with Crippen molar-refractivity contribution in [3.05, 3.63) is 76.1 Å². The molecule has 2 aliphatic carbocycles. The van der Waals surface area contributed by atoms with Gasteiger partial charge in [0.15, 0.2) is 29.7 Å². The Kier molecular flexibility index (Phi) is 8.76. The van der Waals surface area contributed by atoms with Crippen LogP contribution >= 0.6 is 0 Å². The summed E-state index contributed by atoms with van der Waals surface area (Å²) in [7, 11) is 3.22. The number of allylic oxidation sites excluding steroid dienone is 4. The highest BCUT2D eigenvalue weighted by molar-refractivity contribution is 6.06. The highest BCUT2D eigenvalue weighted by atomic mass is 16.5. The summed E-state index contributed by atoms with van der Waals surface area (Å²) in [5, 5.41) is 2.85. The van der Waals surface area contributed by atoms with Crippen molar-refractivity contribution in [1.82, 2.24) is 4.90 Å². The summed E-state index contributed by atoms with van der Waals surface area (Å²) in [6.07, 6.45) is 2.29. The Morgan fingerprint density at radius 2 is 1.52 bits per heavy atom. The molecule has 8 nitrogen and oxygen atoms in total. The Balaban J connectivity index is 1.53. The van der Waals surface area contributed by atoms with Crippen molar-refractivity contribution in [3.63, 3.8) is 0 Å². The molecule has 0 aromatic heterocycles. The minimum Gasteiger partial charge on any atom is -0.493 e. The first kappa shape index (κ1) is 31.5. The summed E-state index contributed by atoms with van der Waals surface area (Å²) in [5.74, 6) is 0.187. The van der Waals surface area contributed by atoms with E-state index < -0.39 is 5.92 Å². The van der Waals surface area contributed by atoms with Crippen LogP contribution in [0.1, 0.15) is 70.4 Å². The van der Waals surface area contributed by atoms with E-state index in [1.54, 1.807) is 20.3 Å². The van der Waals surface area contributed by atoms with Crippen LogP contribution in [0.5, 0.6) is 11.5 Å². The lowest BCUT2D eigenvalue weighted by molar-refractivity contribution is -0.120. The van der Waals surface area contributed by atoms with E-state index >= 15 is 0 Å². The number of nitrogens with zero attached hydrogens (tertiary/aromatic N) is 1. The Morgan fingerprint density at radius 1 is 0.886 bits per heavy atom. The fourth-order valence-electron chi connectivity index (χ4n) is 6.88. The normalized spacial score (nSPS) is 19.5. The van der Waals surface area contributed by atoms with Gasteiger partial charge < -0.3 is 24.4 Å². The van der Waals surface area contributed by atoms with Crippen molar-refractivity contribution >= 4 is 23.2 Å². The van der Waals surface area contributed by atoms with Crippen LogP contribution in [0.15, 0.2) is 65.0 Å². The Morgan fingerprint density at radius 3 is 2.09 bits per heavy atom. The molecule has 1 N–H and O–H groups in total. The van der Waals surface area contributed by atoms with Gasteiger partial charge in [0.1, 0.15) is 0 Å². The van der Waals surface area contributed by atoms with Gasteiger partial charge >= 0.3 is 0 Å². The number of hydrogen-bond donors (Lipinski definition) is 1. The van der Waals surface area contributed by atoms with E-state index in [4.69, 9.17) is 14.2 Å². The van der Waals surface area contributed by atoms with Crippen molar-refractivity contribution in [2.75, 3.05) is 39.3 Å². The van der Waals surface area contributed by atoms with Crippen LogP contribution in [-0.2, 0) is 19.1 Å². The van der Waals surface area contributed by atoms with Crippen LogP contribution in [0.2, 0.25) is 0 Å². The van der Waals surface area contributed by atoms with Crippen LogP contribution in [0, 0.1) is 17.8 Å². The molecule has 1 heterocycles. The number of amides is 1. The van der Waals surface area contributed by atoms with Gasteiger partial charge in [0.25, 0.3) is 5.91 Å². The standard InChI is InChI=1S/C36H44N2O6/c1-22-9-8-10-24(15-22)37-31(41)21-44-29-12-11-23(16-30(29)43-7)32-33-25(17-35(2,3)19-27(33)39)38(13-14-42-6)26-18-36(4,5)20-28(40)34(26)32/h8-12,15-16,32H,13-14,17-21H2,1-7H3,(H,37,41). The maximum absolute atomic E-state index is 14.0. The van der Waals surface area contributed by atoms with E-state index in [0.717, 1.165) is 35.4 Å². The van der Waals surface area contributed by atoms with Gasteiger partial charge in [-0.05, 0) is 66.0 Å². The summed E-state index contributed by atoms with van der Waals surface area (Å²) >= 11 is 0. The third kappa shape index (κ3) is 6.46. The SMILES string of the molecule is COCCN1C2=C(C(=O)CC(C)(C)C2)C(c2ccc(OCC(=O)Nc3cccc(C)c3)c(OC)c2)C2=C1CC(C)(C)CC2=O. The largest absolute Gasteiger partial charge is 0.493 e. The number of carbonyl (C=O) groups excluding carboxylic acids is 3. The molecule has 1 aliphatic heterocycles. The van der Waals surface area contributed by atoms with Crippen LogP contribution in [-0.4, -0.2) is 56.4 Å². The van der Waals surface area contributed by atoms with Gasteiger partial charge in [-0.3, -0.25) is 14.4 Å². The number of rotatable bonds is 9. The number of benzene rings is 2. The molecule has 5 rings (SSSR count). The third-order valence-electron chi connectivity index (χ3n) is 8.72. The number of nitrogens with one attached hydrogen (secondary N) is 1. The third-order valence-corrected chi connectivity index (χ3v) is 8.72. The average molecular weight is 601 g/mol. The van der Waals surface area contributed by atoms with Gasteiger partial charge in [0.2, 0.25) is 0 Å². The maximum atomic E-state index is 14.0. The Hall–Kier alpha value is -3.91. The lowest BCUT2D eigenvalue weighted by atomic mass is 9.63. The zero-order chi connectivity index (χ0) is 31.8. The fraction of sp³-hybridized carbons (Fsp3) is 0.472. The Labute approximate surface area is 260 Å². The number of Topliss-reactive ketones (excluding diaryl/α,β-unsaturated/α-hetero) is 2. The van der Waals surface area contributed by atoms with Crippen LogP contribution in [0.25, 0.3) is 0 Å². The predicted molar refractivity (Wildman–Crippen MR) is 170 cm³/mol. The molecule has 0 radical (unpaired) electrons. The lowest BCUT2D eigenvalue weighted by Crippen LogP contribution is -2.45. The molecule has 44 heavy (non-hydrogen) atoms. The fourth-order valence-corrected chi connectivity index (χ4v) is 6.88. The molecule has 0 unspecified atom stereocenters. The molecule has 0 atom stereocenters. The lowest BCUT2D eigenvalue weighted by Gasteiger charge is -2.49. The molecule has 8 heteroatoms. The summed E-state index contributed by atoms with van der Waals surface area (Å²) < 4.78 is 17.1. The smallest absolute Gasteiger partial charge is 0.262 e. The van der Waals surface area contributed by atoms with Crippen LogP contribution in [0.3, 0.4) is 0 Å². The molecular weight excluding hydrogens is 556 g/mol. The number of ketones is 2. The van der Waals surface area contributed by atoms with Gasteiger partial charge in [0, 0.05) is 60.6 Å². The quantitative estimate of drug-likeness (QED) is 0.358. The van der Waals surface area contributed by atoms with Gasteiger partial charge in [-0.1, -0.05) is 45.9 Å². The molecule has 234 valence electrons. The molecule has 1 amide bonds. The highest BCUT2D eigenvalue weighted by Gasteiger charge is 2.49. The summed E-state index contributed by atoms with van der Waals surface area (Å²) in [5.41, 5.74) is 5.51. The van der Waals surface area contributed by atoms with Crippen molar-refractivity contribution in [3.8, 4) is 11.5 Å². The molecule has 0 spiro atoms. The second-order valence-electron chi connectivity index (χ2n) is 13.8. The van der Waals surface area contributed by atoms with Crippen molar-refractivity contribution in [2.24, 2.45) is 10.8 Å². The molecule has 2 aromatic rings. The first-order valence-electron chi connectivity index (χ1n) is 15.3. The molecule has 3 aliphatic rings. The highest BCUT2D eigenvalue weighted by Crippen LogP contribution is 2.54. The number of carbonyl (C=O) groups is 3. The zero-order valence-electron chi connectivity index (χ0n) is 27.0. The van der Waals surface area contributed by atoms with Crippen LogP contribution in [0.4, 0.5) is 5.69 Å². The van der Waals surface area contributed by atoms with Crippen molar-refractivity contribution in [2.45, 2.75) is 66.2 Å². The second-order valence-corrected chi connectivity index (χ2v) is 13.8. The van der Waals surface area contributed by atoms with E-state index in [-0.39, 0.29) is 34.9 Å². The number of anilines is 1. The first-order valence-corrected chi connectivity index (χ1v) is 15.3. The summed E-state index contributed by atoms with van der Waals surface area (Å²) in [6, 6.07) is 13.1. The molecule has 0 saturated heterocycles. The topological polar surface area (TPSA) is 94.2 Å². The van der Waals surface area contributed by atoms with Gasteiger partial charge in [-0.25, -0.2) is 0 Å². The van der Waals surface area contributed by atoms with Crippen molar-refractivity contribution in [1.29, 1.82) is 0 Å². The summed E-state index contributed by atoms with van der Waals surface area (Å²) in [4.78, 5) is 42.8. The maximum Gasteiger partial charge on any atom is 0.262 e. The number of hydrogen-bond acceptors (Lipinski definition) is 7. The van der Waals surface area contributed by atoms with Gasteiger partial charge in [-0.15, -0.1) is 0 Å². The van der Waals surface area contributed by atoms with Crippen LogP contribution < -0.4 is 14.8 Å². The minimum absolute atomic E-state index is 0.0694. The van der Waals surface area contributed by atoms with Crippen molar-refractivity contribution < 1.29 is 28.6 Å². The molecule has 0 fully saturated rings. The number of aryl methyl sites for hydroxylation is 1. The number of methoxy groups -OCH3 is 2. The van der Waals surface area contributed by atoms with E-state index in [9.17, 15) is 14.4 Å². The van der Waals surface area contributed by atoms with Gasteiger partial charge in [0.05, 0.1) is 13.7 Å². The molecular formula is C36H44N2O6. The molecule has 0 bridgehead atoms. The second kappa shape index (κ2) is 12.2. The molecule has 0 saturated carbocycles. The summed E-state index contributed by atoms with van der Waals surface area (Å²) in [6.45, 7) is 11.3. The van der Waals surface area contributed by atoms with Gasteiger partial charge in [-0.2, -0.15) is 0 Å². The van der Waals surface area contributed by atoms with E-state index in [1.807, 2.05) is 43.3 Å². The van der Waals surface area contributed by atoms with E-state index in [2.05, 4.69) is 37.9 Å². The zero-order valence-corrected chi connectivity index (χ0v) is 27.0. The number of ether oxygens (including phenoxy) is 3. The van der Waals surface area contributed by atoms with E-state index in [1.165, 1.54) is 0 Å². The Bertz CT molecular complexity index is 1500. The monoisotopic (exact) mass is 600 g/mol. The van der Waals surface area contributed by atoms with E-state index in [0.29, 0.717) is 54.3 Å². The minimum atomic E-state index is -0.501. The molecule has 2 aromatic carbocycles. The average Bonchev–Trinajstić information content (AvgIpc) is 2.93.